The van der Waals surface area contributed by atoms with Crippen LogP contribution in [0, 0.1) is 0 Å². The molecule has 3 amide bonds. The van der Waals surface area contributed by atoms with Crippen LogP contribution < -0.4 is 14.8 Å². The van der Waals surface area contributed by atoms with E-state index in [9.17, 15) is 23.2 Å². The minimum absolute atomic E-state index is 0.00336. The number of methoxy groups -OCH3 is 1. The smallest absolute Gasteiger partial charge is 0.387 e. The lowest BCUT2D eigenvalue weighted by Gasteiger charge is -2.30. The number of alkyl halides is 2. The normalized spacial score (nSPS) is 17.1. The van der Waals surface area contributed by atoms with E-state index in [-0.39, 0.29) is 48.7 Å². The number of benzene rings is 1. The van der Waals surface area contributed by atoms with Crippen molar-refractivity contribution in [1.82, 2.24) is 20.4 Å². The van der Waals surface area contributed by atoms with Crippen LogP contribution in [0.15, 0.2) is 22.7 Å². The van der Waals surface area contributed by atoms with E-state index in [1.54, 1.807) is 0 Å². The Labute approximate surface area is 198 Å². The molecule has 1 N–H and O–H groups in total. The molecule has 1 aliphatic heterocycles. The van der Waals surface area contributed by atoms with E-state index in [0.717, 1.165) is 24.2 Å². The Hall–Kier alpha value is -3.77. The molecule has 0 unspecified atom stereocenters. The number of carbonyl (C=O) groups is 3. The summed E-state index contributed by atoms with van der Waals surface area (Å²) >= 11 is 0. The maximum Gasteiger partial charge on any atom is 0.387 e. The SMILES string of the molecule is COc1cc(-c2noc(COC(=O)CCN3C(=O)NC4(CCCCC4)C3=O)n2)ccc1OC(F)F. The number of ether oxygens (including phenoxy) is 3. The molecule has 1 aliphatic carbocycles. The second kappa shape index (κ2) is 10.2. The van der Waals surface area contributed by atoms with E-state index in [4.69, 9.17) is 14.0 Å². The average Bonchev–Trinajstić information content (AvgIpc) is 3.40. The lowest BCUT2D eigenvalue weighted by Crippen LogP contribution is -2.48. The van der Waals surface area contributed by atoms with Gasteiger partial charge in [-0.2, -0.15) is 13.8 Å². The quantitative estimate of drug-likeness (QED) is 0.412. The van der Waals surface area contributed by atoms with Crippen LogP contribution in [0.4, 0.5) is 13.6 Å². The van der Waals surface area contributed by atoms with Crippen LogP contribution in [-0.4, -0.2) is 58.8 Å². The van der Waals surface area contributed by atoms with Crippen LogP contribution in [0.2, 0.25) is 0 Å². The number of rotatable bonds is 9. The molecule has 1 aromatic heterocycles. The van der Waals surface area contributed by atoms with Crippen molar-refractivity contribution in [3.63, 3.8) is 0 Å². The molecule has 188 valence electrons. The first kappa shape index (κ1) is 24.4. The van der Waals surface area contributed by atoms with Crippen LogP contribution >= 0.6 is 0 Å². The molecule has 2 heterocycles. The van der Waals surface area contributed by atoms with Gasteiger partial charge in [0, 0.05) is 12.1 Å². The van der Waals surface area contributed by atoms with E-state index in [1.165, 1.54) is 25.3 Å². The topological polar surface area (TPSA) is 133 Å². The Bertz CT molecular complexity index is 1100. The van der Waals surface area contributed by atoms with Crippen molar-refractivity contribution >= 4 is 17.9 Å². The fourth-order valence-corrected chi connectivity index (χ4v) is 4.22. The number of imide groups is 1. The lowest BCUT2D eigenvalue weighted by molar-refractivity contribution is -0.146. The number of urea groups is 1. The molecule has 4 rings (SSSR count). The third kappa shape index (κ3) is 5.33. The van der Waals surface area contributed by atoms with Crippen LogP contribution in [0.25, 0.3) is 11.4 Å². The van der Waals surface area contributed by atoms with E-state index in [0.29, 0.717) is 18.4 Å². The fraction of sp³-hybridized carbons (Fsp3) is 0.500. The number of halogens is 2. The highest BCUT2D eigenvalue weighted by molar-refractivity contribution is 6.07. The summed E-state index contributed by atoms with van der Waals surface area (Å²) < 4.78 is 44.6. The van der Waals surface area contributed by atoms with Crippen LogP contribution in [0.5, 0.6) is 11.5 Å². The van der Waals surface area contributed by atoms with Gasteiger partial charge in [0.05, 0.1) is 13.5 Å². The largest absolute Gasteiger partial charge is 0.493 e. The van der Waals surface area contributed by atoms with Gasteiger partial charge in [0.15, 0.2) is 18.1 Å². The van der Waals surface area contributed by atoms with Gasteiger partial charge in [-0.15, -0.1) is 0 Å². The van der Waals surface area contributed by atoms with E-state index < -0.39 is 24.2 Å². The van der Waals surface area contributed by atoms with E-state index >= 15 is 0 Å². The van der Waals surface area contributed by atoms with Gasteiger partial charge in [0.1, 0.15) is 5.54 Å². The number of hydrogen-bond acceptors (Lipinski definition) is 9. The minimum Gasteiger partial charge on any atom is -0.493 e. The van der Waals surface area contributed by atoms with Crippen molar-refractivity contribution in [1.29, 1.82) is 0 Å². The second-order valence-corrected chi connectivity index (χ2v) is 8.20. The van der Waals surface area contributed by atoms with Gasteiger partial charge < -0.3 is 24.1 Å². The summed E-state index contributed by atoms with van der Waals surface area (Å²) in [5.41, 5.74) is -0.439. The molecule has 2 aromatic rings. The van der Waals surface area contributed by atoms with Gasteiger partial charge in [0.2, 0.25) is 5.82 Å². The molecule has 0 radical (unpaired) electrons. The second-order valence-electron chi connectivity index (χ2n) is 8.20. The zero-order valence-corrected chi connectivity index (χ0v) is 18.9. The Balaban J connectivity index is 1.29. The molecule has 0 atom stereocenters. The molecule has 1 saturated heterocycles. The fourth-order valence-electron chi connectivity index (χ4n) is 4.22. The number of aromatic nitrogens is 2. The van der Waals surface area contributed by atoms with Gasteiger partial charge >= 0.3 is 18.6 Å². The third-order valence-corrected chi connectivity index (χ3v) is 5.96. The highest BCUT2D eigenvalue weighted by Crippen LogP contribution is 2.34. The Morgan fingerprint density at radius 3 is 2.71 bits per heavy atom. The molecule has 2 aliphatic rings. The summed E-state index contributed by atoms with van der Waals surface area (Å²) in [6.45, 7) is -3.42. The highest BCUT2D eigenvalue weighted by atomic mass is 19.3. The summed E-state index contributed by atoms with van der Waals surface area (Å²) in [5.74, 6) is -0.923. The van der Waals surface area contributed by atoms with Crippen molar-refractivity contribution in [3.8, 4) is 22.9 Å². The van der Waals surface area contributed by atoms with Crippen molar-refractivity contribution in [3.05, 3.63) is 24.1 Å². The van der Waals surface area contributed by atoms with Crippen molar-refractivity contribution in [2.24, 2.45) is 0 Å². The first-order valence-electron chi connectivity index (χ1n) is 11.1. The molecule has 1 aromatic carbocycles. The number of carbonyl (C=O) groups excluding carboxylic acids is 3. The lowest BCUT2D eigenvalue weighted by atomic mass is 9.82. The molecule has 2 fully saturated rings. The molecule has 11 nitrogen and oxygen atoms in total. The Morgan fingerprint density at radius 1 is 1.23 bits per heavy atom. The van der Waals surface area contributed by atoms with Gasteiger partial charge in [-0.05, 0) is 31.0 Å². The van der Waals surface area contributed by atoms with Gasteiger partial charge in [-0.3, -0.25) is 14.5 Å². The summed E-state index contributed by atoms with van der Waals surface area (Å²) in [6, 6.07) is 3.63. The van der Waals surface area contributed by atoms with E-state index in [2.05, 4.69) is 20.2 Å². The number of nitrogens with one attached hydrogen (secondary N) is 1. The molecule has 1 saturated carbocycles. The molecule has 35 heavy (non-hydrogen) atoms. The average molecular weight is 494 g/mol. The Morgan fingerprint density at radius 2 is 2.00 bits per heavy atom. The summed E-state index contributed by atoms with van der Waals surface area (Å²) in [7, 11) is 1.30. The number of nitrogens with zero attached hydrogens (tertiary/aromatic N) is 3. The molecular weight excluding hydrogens is 470 g/mol. The van der Waals surface area contributed by atoms with Crippen molar-refractivity contribution in [2.45, 2.75) is 57.3 Å². The van der Waals surface area contributed by atoms with Gasteiger partial charge in [-0.25, -0.2) is 4.79 Å². The van der Waals surface area contributed by atoms with Crippen LogP contribution in [0.1, 0.15) is 44.4 Å². The summed E-state index contributed by atoms with van der Waals surface area (Å²) in [4.78, 5) is 42.3. The number of esters is 1. The monoisotopic (exact) mass is 494 g/mol. The van der Waals surface area contributed by atoms with Crippen molar-refractivity contribution < 1.29 is 41.9 Å². The summed E-state index contributed by atoms with van der Waals surface area (Å²) in [5, 5.41) is 6.57. The maximum absolute atomic E-state index is 12.7. The number of hydrogen-bond donors (Lipinski definition) is 1. The standard InChI is InChI=1S/C22H24F2N4O7/c1-32-15-11-13(5-6-14(15)34-20(23)24)18-25-16(35-27-18)12-33-17(29)7-10-28-19(30)22(26-21(28)31)8-3-2-4-9-22/h5-6,11,20H,2-4,7-10,12H2,1H3,(H,26,31). The number of amides is 3. The van der Waals surface area contributed by atoms with Crippen molar-refractivity contribution in [2.75, 3.05) is 13.7 Å². The molecule has 0 bridgehead atoms. The predicted octanol–water partition coefficient (Wildman–Crippen LogP) is 3.03. The van der Waals surface area contributed by atoms with E-state index in [1.807, 2.05) is 0 Å². The van der Waals surface area contributed by atoms with Gasteiger partial charge in [0.25, 0.3) is 11.8 Å². The molecule has 13 heteroatoms. The Kier molecular flexibility index (Phi) is 7.12. The zero-order valence-electron chi connectivity index (χ0n) is 18.9. The van der Waals surface area contributed by atoms with Crippen LogP contribution in [0.3, 0.4) is 0 Å². The molecular formula is C22H24F2N4O7. The first-order valence-corrected chi connectivity index (χ1v) is 11.1. The maximum atomic E-state index is 12.7. The zero-order chi connectivity index (χ0) is 25.0. The minimum atomic E-state index is -3.01. The van der Waals surface area contributed by atoms with Crippen LogP contribution in [-0.2, 0) is 20.9 Å². The summed E-state index contributed by atoms with van der Waals surface area (Å²) in [6.07, 6.45) is 3.79. The highest BCUT2D eigenvalue weighted by Gasteiger charge is 2.51. The third-order valence-electron chi connectivity index (χ3n) is 5.96. The first-order chi connectivity index (χ1) is 16.8. The predicted molar refractivity (Wildman–Crippen MR) is 113 cm³/mol. The molecule has 1 spiro atoms. The van der Waals surface area contributed by atoms with Gasteiger partial charge in [-0.1, -0.05) is 24.4 Å².